The largest absolute Gasteiger partial charge is 0.342 e. The fourth-order valence-corrected chi connectivity index (χ4v) is 5.14. The van der Waals surface area contributed by atoms with Crippen molar-refractivity contribution < 1.29 is 0 Å². The first-order valence-electron chi connectivity index (χ1n) is 11.5. The molecule has 0 bridgehead atoms. The van der Waals surface area contributed by atoms with Gasteiger partial charge in [-0.25, -0.2) is 0 Å². The third-order valence-electron chi connectivity index (χ3n) is 6.73. The minimum absolute atomic E-state index is 0.354. The van der Waals surface area contributed by atoms with Crippen molar-refractivity contribution in [1.29, 1.82) is 0 Å². The van der Waals surface area contributed by atoms with Crippen LogP contribution in [0, 0.1) is 0 Å². The number of hydrogen-bond acceptors (Lipinski definition) is 4. The number of aryl methyl sites for hydroxylation is 2. The molecule has 0 saturated carbocycles. The molecule has 0 aliphatic heterocycles. The quantitative estimate of drug-likeness (QED) is 0.445. The molecule has 31 heavy (non-hydrogen) atoms. The van der Waals surface area contributed by atoms with E-state index in [2.05, 4.69) is 59.0 Å². The van der Waals surface area contributed by atoms with Gasteiger partial charge in [-0.05, 0) is 69.0 Å². The third kappa shape index (κ3) is 3.84. The van der Waals surface area contributed by atoms with Gasteiger partial charge >= 0.3 is 0 Å². The van der Waals surface area contributed by atoms with Gasteiger partial charge in [0.1, 0.15) is 0 Å². The Bertz CT molecular complexity index is 1200. The van der Waals surface area contributed by atoms with Crippen molar-refractivity contribution in [3.63, 3.8) is 0 Å². The van der Waals surface area contributed by atoms with Crippen LogP contribution in [0.1, 0.15) is 48.7 Å². The highest BCUT2D eigenvalue weighted by molar-refractivity contribution is 6.07. The molecule has 160 valence electrons. The lowest BCUT2D eigenvalue weighted by atomic mass is 9.90. The van der Waals surface area contributed by atoms with E-state index in [0.717, 1.165) is 51.0 Å². The standard InChI is InChI=1S/C26H31N5/c1-30-23-11-3-2-10-21(23)22-16-20(29-17-25(22)30)18-31(15-5-4-13-27)24-12-6-8-19-9-7-14-28-26(19)24/h2-3,7,9-11,14,16-17,24H,4-6,8,12-13,15,18,27H2,1H3. The maximum Gasteiger partial charge on any atom is 0.0675 e. The Morgan fingerprint density at radius 2 is 1.97 bits per heavy atom. The first-order valence-corrected chi connectivity index (χ1v) is 11.5. The molecule has 2 N–H and O–H groups in total. The Labute approximate surface area is 183 Å². The van der Waals surface area contributed by atoms with Gasteiger partial charge in [0.15, 0.2) is 0 Å². The van der Waals surface area contributed by atoms with Gasteiger partial charge in [-0.15, -0.1) is 0 Å². The summed E-state index contributed by atoms with van der Waals surface area (Å²) in [5, 5.41) is 2.58. The Hall–Kier alpha value is -2.76. The van der Waals surface area contributed by atoms with Crippen molar-refractivity contribution in [2.75, 3.05) is 13.1 Å². The smallest absolute Gasteiger partial charge is 0.0675 e. The van der Waals surface area contributed by atoms with Crippen LogP contribution in [0.25, 0.3) is 21.8 Å². The molecule has 3 aromatic heterocycles. The van der Waals surface area contributed by atoms with Crippen molar-refractivity contribution in [3.05, 3.63) is 71.8 Å². The van der Waals surface area contributed by atoms with Crippen LogP contribution in [0.4, 0.5) is 0 Å². The zero-order valence-electron chi connectivity index (χ0n) is 18.3. The molecule has 4 aromatic rings. The number of pyridine rings is 2. The van der Waals surface area contributed by atoms with E-state index in [-0.39, 0.29) is 0 Å². The number of para-hydroxylation sites is 1. The third-order valence-corrected chi connectivity index (χ3v) is 6.73. The lowest BCUT2D eigenvalue weighted by Gasteiger charge is -2.35. The Balaban J connectivity index is 1.49. The summed E-state index contributed by atoms with van der Waals surface area (Å²) >= 11 is 0. The van der Waals surface area contributed by atoms with Gasteiger partial charge in [-0.3, -0.25) is 14.9 Å². The van der Waals surface area contributed by atoms with E-state index in [1.807, 2.05) is 12.4 Å². The highest BCUT2D eigenvalue weighted by Gasteiger charge is 2.27. The average molecular weight is 414 g/mol. The molecule has 1 aliphatic carbocycles. The second kappa shape index (κ2) is 8.77. The van der Waals surface area contributed by atoms with Crippen molar-refractivity contribution in [2.24, 2.45) is 12.8 Å². The average Bonchev–Trinajstić information content (AvgIpc) is 3.10. The number of hydrogen-bond donors (Lipinski definition) is 1. The van der Waals surface area contributed by atoms with Crippen LogP contribution in [0.5, 0.6) is 0 Å². The van der Waals surface area contributed by atoms with E-state index in [1.165, 1.54) is 39.5 Å². The topological polar surface area (TPSA) is 60.0 Å². The first-order chi connectivity index (χ1) is 15.3. The molecule has 1 atom stereocenters. The maximum atomic E-state index is 5.79. The molecule has 1 aliphatic rings. The zero-order valence-corrected chi connectivity index (χ0v) is 18.3. The molecular weight excluding hydrogens is 382 g/mol. The molecule has 3 heterocycles. The minimum Gasteiger partial charge on any atom is -0.342 e. The number of aromatic nitrogens is 3. The molecule has 0 fully saturated rings. The number of unbranched alkanes of at least 4 members (excludes halogenated alkanes) is 1. The molecular formula is C26H31N5. The lowest BCUT2D eigenvalue weighted by molar-refractivity contribution is 0.161. The van der Waals surface area contributed by atoms with Gasteiger partial charge in [0.25, 0.3) is 0 Å². The summed E-state index contributed by atoms with van der Waals surface area (Å²) in [6, 6.07) is 15.6. The molecule has 0 spiro atoms. The lowest BCUT2D eigenvalue weighted by Crippen LogP contribution is -2.33. The van der Waals surface area contributed by atoms with E-state index < -0.39 is 0 Å². The van der Waals surface area contributed by atoms with Crippen LogP contribution in [0.3, 0.4) is 0 Å². The number of nitrogens with zero attached hydrogens (tertiary/aromatic N) is 4. The fraction of sp³-hybridized carbons (Fsp3) is 0.385. The summed E-state index contributed by atoms with van der Waals surface area (Å²) < 4.78 is 2.24. The van der Waals surface area contributed by atoms with Gasteiger partial charge in [0, 0.05) is 36.1 Å². The van der Waals surface area contributed by atoms with Gasteiger partial charge < -0.3 is 10.3 Å². The summed E-state index contributed by atoms with van der Waals surface area (Å²) in [5.74, 6) is 0. The molecule has 0 saturated heterocycles. The van der Waals surface area contributed by atoms with Crippen LogP contribution in [-0.4, -0.2) is 32.5 Å². The van der Waals surface area contributed by atoms with Crippen molar-refractivity contribution in [1.82, 2.24) is 19.4 Å². The van der Waals surface area contributed by atoms with Crippen molar-refractivity contribution in [2.45, 2.75) is 44.7 Å². The van der Waals surface area contributed by atoms with E-state index in [4.69, 9.17) is 15.7 Å². The van der Waals surface area contributed by atoms with Crippen LogP contribution >= 0.6 is 0 Å². The molecule has 5 rings (SSSR count). The normalized spacial score (nSPS) is 16.3. The van der Waals surface area contributed by atoms with Crippen molar-refractivity contribution >= 4 is 21.8 Å². The number of fused-ring (bicyclic) bond motifs is 4. The van der Waals surface area contributed by atoms with Gasteiger partial charge in [0.2, 0.25) is 0 Å². The summed E-state index contributed by atoms with van der Waals surface area (Å²) in [4.78, 5) is 12.3. The van der Waals surface area contributed by atoms with Crippen LogP contribution in [-0.2, 0) is 20.0 Å². The Morgan fingerprint density at radius 3 is 2.87 bits per heavy atom. The number of rotatable bonds is 7. The molecule has 0 radical (unpaired) electrons. The molecule has 5 nitrogen and oxygen atoms in total. The second-order valence-corrected chi connectivity index (χ2v) is 8.69. The molecule has 1 unspecified atom stereocenters. The van der Waals surface area contributed by atoms with Crippen LogP contribution in [0.15, 0.2) is 54.9 Å². The Kier molecular flexibility index (Phi) is 5.70. The van der Waals surface area contributed by atoms with E-state index in [0.29, 0.717) is 6.04 Å². The molecule has 5 heteroatoms. The highest BCUT2D eigenvalue weighted by atomic mass is 15.2. The highest BCUT2D eigenvalue weighted by Crippen LogP contribution is 2.34. The summed E-state index contributed by atoms with van der Waals surface area (Å²) in [7, 11) is 2.12. The number of benzene rings is 1. The van der Waals surface area contributed by atoms with E-state index in [1.54, 1.807) is 0 Å². The predicted octanol–water partition coefficient (Wildman–Crippen LogP) is 4.74. The minimum atomic E-state index is 0.354. The monoisotopic (exact) mass is 413 g/mol. The van der Waals surface area contributed by atoms with Gasteiger partial charge in [-0.1, -0.05) is 24.3 Å². The van der Waals surface area contributed by atoms with Crippen LogP contribution < -0.4 is 5.73 Å². The first kappa shape index (κ1) is 20.2. The van der Waals surface area contributed by atoms with Gasteiger partial charge in [0.05, 0.1) is 29.1 Å². The van der Waals surface area contributed by atoms with Gasteiger partial charge in [-0.2, -0.15) is 0 Å². The Morgan fingerprint density at radius 1 is 1.06 bits per heavy atom. The molecule has 0 amide bonds. The maximum absolute atomic E-state index is 5.79. The summed E-state index contributed by atoms with van der Waals surface area (Å²) in [6.45, 7) is 2.60. The second-order valence-electron chi connectivity index (χ2n) is 8.69. The summed E-state index contributed by atoms with van der Waals surface area (Å²) in [5.41, 5.74) is 12.0. The van der Waals surface area contributed by atoms with E-state index >= 15 is 0 Å². The van der Waals surface area contributed by atoms with Crippen molar-refractivity contribution in [3.8, 4) is 0 Å². The summed E-state index contributed by atoms with van der Waals surface area (Å²) in [6.07, 6.45) is 9.64. The predicted molar refractivity (Wildman–Crippen MR) is 127 cm³/mol. The van der Waals surface area contributed by atoms with E-state index in [9.17, 15) is 0 Å². The fourth-order valence-electron chi connectivity index (χ4n) is 5.14. The zero-order chi connectivity index (χ0) is 21.2. The van der Waals surface area contributed by atoms with Crippen LogP contribution in [0.2, 0.25) is 0 Å². The SMILES string of the molecule is Cn1c2ccccc2c2cc(CN(CCCCN)C3CCCc4cccnc43)ncc21. The molecule has 1 aromatic carbocycles. The number of nitrogens with two attached hydrogens (primary N) is 1.